The molecule has 0 aliphatic heterocycles. The number of ketones is 1. The first-order valence-electron chi connectivity index (χ1n) is 6.84. The molecule has 0 N–H and O–H groups in total. The third-order valence-corrected chi connectivity index (χ3v) is 3.07. The Kier molecular flexibility index (Phi) is 8.54. The first-order valence-corrected chi connectivity index (χ1v) is 6.84. The van der Waals surface area contributed by atoms with Crippen LogP contribution in [0.5, 0.6) is 0 Å². The van der Waals surface area contributed by atoms with Gasteiger partial charge >= 0.3 is 0 Å². The minimum Gasteiger partial charge on any atom is -0.367 e. The van der Waals surface area contributed by atoms with Crippen molar-refractivity contribution >= 4 is 5.78 Å². The molecule has 2 heteroatoms. The highest BCUT2D eigenvalue weighted by atomic mass is 16.5. The van der Waals surface area contributed by atoms with E-state index in [4.69, 9.17) is 4.74 Å². The van der Waals surface area contributed by atoms with E-state index in [9.17, 15) is 4.79 Å². The van der Waals surface area contributed by atoms with Crippen molar-refractivity contribution in [1.82, 2.24) is 0 Å². The standard InChI is InChI=1S/C14H28O2/c1-5-9-11-14(8-4,16-12-7-3)13(15)10-6-2/h5-12H2,1-4H3. The molecule has 0 amide bonds. The van der Waals surface area contributed by atoms with Gasteiger partial charge in [0.25, 0.3) is 0 Å². The Hall–Kier alpha value is -0.370. The van der Waals surface area contributed by atoms with Gasteiger partial charge in [-0.05, 0) is 25.7 Å². The molecule has 0 aromatic rings. The SMILES string of the molecule is CCCCC(CC)(OCCC)C(=O)CCC. The molecule has 0 saturated heterocycles. The van der Waals surface area contributed by atoms with Gasteiger partial charge in [-0.15, -0.1) is 0 Å². The van der Waals surface area contributed by atoms with E-state index in [-0.39, 0.29) is 0 Å². The second-order valence-corrected chi connectivity index (χ2v) is 4.47. The van der Waals surface area contributed by atoms with Crippen LogP contribution in [-0.2, 0) is 9.53 Å². The highest BCUT2D eigenvalue weighted by Gasteiger charge is 2.35. The molecule has 0 bridgehead atoms. The van der Waals surface area contributed by atoms with Crippen LogP contribution in [0.2, 0.25) is 0 Å². The topological polar surface area (TPSA) is 26.3 Å². The van der Waals surface area contributed by atoms with Crippen LogP contribution >= 0.6 is 0 Å². The predicted molar refractivity (Wildman–Crippen MR) is 68.7 cm³/mol. The Morgan fingerprint density at radius 2 is 1.75 bits per heavy atom. The van der Waals surface area contributed by atoms with Gasteiger partial charge in [-0.25, -0.2) is 0 Å². The fraction of sp³-hybridized carbons (Fsp3) is 0.929. The molecular formula is C14H28O2. The molecule has 0 saturated carbocycles. The van der Waals surface area contributed by atoms with Crippen molar-refractivity contribution < 1.29 is 9.53 Å². The summed E-state index contributed by atoms with van der Waals surface area (Å²) in [6.07, 6.45) is 6.45. The first-order chi connectivity index (χ1) is 7.66. The average molecular weight is 228 g/mol. The molecule has 0 radical (unpaired) electrons. The lowest BCUT2D eigenvalue weighted by atomic mass is 9.87. The molecule has 0 rings (SSSR count). The number of Topliss-reactive ketones (excluding diaryl/α,β-unsaturated/α-hetero) is 1. The first kappa shape index (κ1) is 15.6. The number of carbonyl (C=O) groups excluding carboxylic acids is 1. The monoisotopic (exact) mass is 228 g/mol. The van der Waals surface area contributed by atoms with E-state index in [1.807, 2.05) is 0 Å². The number of rotatable bonds is 10. The van der Waals surface area contributed by atoms with E-state index in [0.29, 0.717) is 18.8 Å². The largest absolute Gasteiger partial charge is 0.367 e. The Bertz CT molecular complexity index is 179. The molecule has 2 nitrogen and oxygen atoms in total. The molecular weight excluding hydrogens is 200 g/mol. The van der Waals surface area contributed by atoms with E-state index in [0.717, 1.165) is 38.5 Å². The van der Waals surface area contributed by atoms with E-state index in [1.54, 1.807) is 0 Å². The highest BCUT2D eigenvalue weighted by molar-refractivity contribution is 5.87. The van der Waals surface area contributed by atoms with Crippen LogP contribution in [0.1, 0.15) is 72.6 Å². The minimum absolute atomic E-state index is 0.305. The average Bonchev–Trinajstić information content (AvgIpc) is 2.30. The fourth-order valence-electron chi connectivity index (χ4n) is 1.98. The van der Waals surface area contributed by atoms with Crippen LogP contribution in [0, 0.1) is 0 Å². The lowest BCUT2D eigenvalue weighted by Gasteiger charge is -2.31. The summed E-state index contributed by atoms with van der Waals surface area (Å²) in [6, 6.07) is 0. The molecule has 1 unspecified atom stereocenters. The highest BCUT2D eigenvalue weighted by Crippen LogP contribution is 2.27. The zero-order chi connectivity index (χ0) is 12.4. The summed E-state index contributed by atoms with van der Waals surface area (Å²) in [6.45, 7) is 9.07. The summed E-state index contributed by atoms with van der Waals surface area (Å²) >= 11 is 0. The van der Waals surface area contributed by atoms with Crippen LogP contribution in [-0.4, -0.2) is 18.0 Å². The molecule has 0 heterocycles. The molecule has 1 atom stereocenters. The van der Waals surface area contributed by atoms with Crippen LogP contribution < -0.4 is 0 Å². The van der Waals surface area contributed by atoms with Crippen molar-refractivity contribution in [2.24, 2.45) is 0 Å². The van der Waals surface area contributed by atoms with Crippen molar-refractivity contribution in [3.05, 3.63) is 0 Å². The van der Waals surface area contributed by atoms with E-state index in [2.05, 4.69) is 27.7 Å². The maximum absolute atomic E-state index is 12.2. The van der Waals surface area contributed by atoms with Crippen LogP contribution in [0.4, 0.5) is 0 Å². The maximum Gasteiger partial charge on any atom is 0.164 e. The summed E-state index contributed by atoms with van der Waals surface area (Å²) in [5.41, 5.74) is -0.484. The fourth-order valence-corrected chi connectivity index (χ4v) is 1.98. The minimum atomic E-state index is -0.484. The van der Waals surface area contributed by atoms with Gasteiger partial charge in [0.15, 0.2) is 5.78 Å². The molecule has 96 valence electrons. The molecule has 0 spiro atoms. The third kappa shape index (κ3) is 4.65. The smallest absolute Gasteiger partial charge is 0.164 e. The van der Waals surface area contributed by atoms with Crippen LogP contribution in [0.15, 0.2) is 0 Å². The number of hydrogen-bond acceptors (Lipinski definition) is 2. The summed E-state index contributed by atoms with van der Waals surface area (Å²) in [5, 5.41) is 0. The van der Waals surface area contributed by atoms with E-state index >= 15 is 0 Å². The van der Waals surface area contributed by atoms with E-state index in [1.165, 1.54) is 0 Å². The quantitative estimate of drug-likeness (QED) is 0.562. The van der Waals surface area contributed by atoms with Gasteiger partial charge in [0.05, 0.1) is 0 Å². The molecule has 0 aliphatic rings. The molecule has 16 heavy (non-hydrogen) atoms. The Morgan fingerprint density at radius 1 is 1.06 bits per heavy atom. The molecule has 0 aromatic heterocycles. The maximum atomic E-state index is 12.2. The molecule has 0 aromatic carbocycles. The number of ether oxygens (including phenoxy) is 1. The summed E-state index contributed by atoms with van der Waals surface area (Å²) in [7, 11) is 0. The van der Waals surface area contributed by atoms with Crippen molar-refractivity contribution in [2.75, 3.05) is 6.61 Å². The summed E-state index contributed by atoms with van der Waals surface area (Å²) in [5.74, 6) is 0.305. The zero-order valence-electron chi connectivity index (χ0n) is 11.5. The lowest BCUT2D eigenvalue weighted by Crippen LogP contribution is -2.41. The third-order valence-electron chi connectivity index (χ3n) is 3.07. The van der Waals surface area contributed by atoms with Crippen LogP contribution in [0.25, 0.3) is 0 Å². The van der Waals surface area contributed by atoms with Crippen molar-refractivity contribution in [2.45, 2.75) is 78.2 Å². The Balaban J connectivity index is 4.57. The Labute approximate surface area is 101 Å². The normalized spacial score (nSPS) is 14.8. The van der Waals surface area contributed by atoms with E-state index < -0.39 is 5.60 Å². The van der Waals surface area contributed by atoms with Crippen molar-refractivity contribution in [1.29, 1.82) is 0 Å². The summed E-state index contributed by atoms with van der Waals surface area (Å²) < 4.78 is 5.89. The van der Waals surface area contributed by atoms with Crippen LogP contribution in [0.3, 0.4) is 0 Å². The van der Waals surface area contributed by atoms with Crippen molar-refractivity contribution in [3.8, 4) is 0 Å². The molecule has 0 aliphatic carbocycles. The van der Waals surface area contributed by atoms with Gasteiger partial charge in [0, 0.05) is 13.0 Å². The lowest BCUT2D eigenvalue weighted by molar-refractivity contribution is -0.147. The van der Waals surface area contributed by atoms with Gasteiger partial charge in [-0.2, -0.15) is 0 Å². The van der Waals surface area contributed by atoms with Gasteiger partial charge in [-0.3, -0.25) is 4.79 Å². The van der Waals surface area contributed by atoms with Gasteiger partial charge in [-0.1, -0.05) is 40.5 Å². The number of unbranched alkanes of at least 4 members (excludes halogenated alkanes) is 1. The second kappa shape index (κ2) is 8.74. The Morgan fingerprint density at radius 3 is 2.19 bits per heavy atom. The number of hydrogen-bond donors (Lipinski definition) is 0. The molecule has 0 fully saturated rings. The summed E-state index contributed by atoms with van der Waals surface area (Å²) in [4.78, 5) is 12.2. The van der Waals surface area contributed by atoms with Gasteiger partial charge < -0.3 is 4.74 Å². The predicted octanol–water partition coefficient (Wildman–Crippen LogP) is 4.12. The number of carbonyl (C=O) groups is 1. The van der Waals surface area contributed by atoms with Crippen molar-refractivity contribution in [3.63, 3.8) is 0 Å². The second-order valence-electron chi connectivity index (χ2n) is 4.47. The van der Waals surface area contributed by atoms with Gasteiger partial charge in [0.1, 0.15) is 5.60 Å². The zero-order valence-corrected chi connectivity index (χ0v) is 11.5. The van der Waals surface area contributed by atoms with Gasteiger partial charge in [0.2, 0.25) is 0 Å².